The monoisotopic (exact) mass is 241 g/mol. The van der Waals surface area contributed by atoms with Gasteiger partial charge in [0.15, 0.2) is 0 Å². The van der Waals surface area contributed by atoms with Crippen molar-refractivity contribution >= 4 is 11.8 Å². The second-order valence-electron chi connectivity index (χ2n) is 5.21. The fourth-order valence-electron chi connectivity index (χ4n) is 1.70. The second-order valence-corrected chi connectivity index (χ2v) is 5.21. The van der Waals surface area contributed by atoms with Crippen molar-refractivity contribution in [2.75, 3.05) is 27.2 Å². The lowest BCUT2D eigenvalue weighted by Crippen LogP contribution is -2.35. The van der Waals surface area contributed by atoms with Crippen molar-refractivity contribution in [2.45, 2.75) is 26.3 Å². The first kappa shape index (κ1) is 14.0. The Morgan fingerprint density at radius 3 is 2.35 bits per heavy atom. The van der Waals surface area contributed by atoms with Gasteiger partial charge in [0.25, 0.3) is 0 Å². The lowest BCUT2D eigenvalue weighted by molar-refractivity contribution is -0.127. The molecule has 2 unspecified atom stereocenters. The zero-order valence-corrected chi connectivity index (χ0v) is 11.1. The summed E-state index contributed by atoms with van der Waals surface area (Å²) in [6.07, 6.45) is 0.687. The molecule has 1 saturated carbocycles. The Bertz CT molecular complexity index is 289. The van der Waals surface area contributed by atoms with Crippen LogP contribution >= 0.6 is 0 Å². The van der Waals surface area contributed by atoms with Crippen LogP contribution in [0, 0.1) is 11.8 Å². The highest BCUT2D eigenvalue weighted by Gasteiger charge is 2.47. The van der Waals surface area contributed by atoms with E-state index in [-0.39, 0.29) is 29.7 Å². The summed E-state index contributed by atoms with van der Waals surface area (Å²) in [5, 5.41) is 5.69. The third-order valence-electron chi connectivity index (χ3n) is 2.75. The normalized spacial score (nSPS) is 22.7. The number of carbonyl (C=O) groups is 2. The zero-order chi connectivity index (χ0) is 13.0. The number of nitrogens with zero attached hydrogens (tertiary/aromatic N) is 1. The first-order valence-corrected chi connectivity index (χ1v) is 6.14. The van der Waals surface area contributed by atoms with Crippen LogP contribution in [0.4, 0.5) is 0 Å². The molecule has 0 heterocycles. The van der Waals surface area contributed by atoms with Gasteiger partial charge >= 0.3 is 0 Å². The molecular weight excluding hydrogens is 218 g/mol. The Hall–Kier alpha value is -1.10. The van der Waals surface area contributed by atoms with E-state index in [1.807, 2.05) is 32.8 Å². The number of nitrogens with one attached hydrogen (secondary N) is 2. The largest absolute Gasteiger partial charge is 0.355 e. The van der Waals surface area contributed by atoms with Gasteiger partial charge in [-0.05, 0) is 34.4 Å². The smallest absolute Gasteiger partial charge is 0.224 e. The first-order valence-electron chi connectivity index (χ1n) is 6.14. The molecule has 1 aliphatic carbocycles. The van der Waals surface area contributed by atoms with Crippen LogP contribution in [0.1, 0.15) is 20.3 Å². The van der Waals surface area contributed by atoms with Crippen LogP contribution in [-0.2, 0) is 9.59 Å². The maximum Gasteiger partial charge on any atom is 0.224 e. The quantitative estimate of drug-likeness (QED) is 0.678. The molecule has 1 rings (SSSR count). The molecule has 2 N–H and O–H groups in total. The maximum atomic E-state index is 11.7. The molecule has 1 aliphatic rings. The minimum Gasteiger partial charge on any atom is -0.355 e. The van der Waals surface area contributed by atoms with E-state index in [4.69, 9.17) is 0 Å². The van der Waals surface area contributed by atoms with Crippen LogP contribution in [0.25, 0.3) is 0 Å². The molecule has 17 heavy (non-hydrogen) atoms. The Kier molecular flexibility index (Phi) is 4.93. The minimum atomic E-state index is -0.115. The lowest BCUT2D eigenvalue weighted by atomic mass is 10.2. The summed E-state index contributed by atoms with van der Waals surface area (Å²) in [5.41, 5.74) is 0. The molecule has 98 valence electrons. The zero-order valence-electron chi connectivity index (χ0n) is 11.1. The maximum absolute atomic E-state index is 11.7. The van der Waals surface area contributed by atoms with Crippen molar-refractivity contribution in [3.63, 3.8) is 0 Å². The predicted molar refractivity (Wildman–Crippen MR) is 66.4 cm³/mol. The van der Waals surface area contributed by atoms with Gasteiger partial charge in [0.1, 0.15) is 0 Å². The van der Waals surface area contributed by atoms with E-state index >= 15 is 0 Å². The Morgan fingerprint density at radius 1 is 1.24 bits per heavy atom. The molecular formula is C12H23N3O2. The van der Waals surface area contributed by atoms with Crippen LogP contribution in [-0.4, -0.2) is 49.9 Å². The van der Waals surface area contributed by atoms with Crippen molar-refractivity contribution in [3.05, 3.63) is 0 Å². The summed E-state index contributed by atoms with van der Waals surface area (Å²) >= 11 is 0. The van der Waals surface area contributed by atoms with E-state index in [0.29, 0.717) is 13.0 Å². The average Bonchev–Trinajstić information content (AvgIpc) is 2.94. The first-order chi connectivity index (χ1) is 7.91. The number of hydrogen-bond donors (Lipinski definition) is 2. The highest BCUT2D eigenvalue weighted by atomic mass is 16.2. The summed E-state index contributed by atoms with van der Waals surface area (Å²) in [4.78, 5) is 25.3. The SMILES string of the molecule is CC(C)NC(=O)C1CC1C(=O)NCCN(C)C. The van der Waals surface area contributed by atoms with E-state index in [9.17, 15) is 9.59 Å². The van der Waals surface area contributed by atoms with Gasteiger partial charge in [-0.15, -0.1) is 0 Å². The van der Waals surface area contributed by atoms with E-state index in [1.54, 1.807) is 0 Å². The standard InChI is InChI=1S/C12H23N3O2/c1-8(2)14-12(17)10-7-9(10)11(16)13-5-6-15(3)4/h8-10H,5-7H2,1-4H3,(H,13,16)(H,14,17). The molecule has 5 nitrogen and oxygen atoms in total. The van der Waals surface area contributed by atoms with Crippen molar-refractivity contribution in [1.29, 1.82) is 0 Å². The minimum absolute atomic E-state index is 0.00718. The van der Waals surface area contributed by atoms with Gasteiger partial charge in [-0.25, -0.2) is 0 Å². The third-order valence-corrected chi connectivity index (χ3v) is 2.75. The van der Waals surface area contributed by atoms with Gasteiger partial charge in [0.2, 0.25) is 11.8 Å². The van der Waals surface area contributed by atoms with E-state index < -0.39 is 0 Å². The fraction of sp³-hybridized carbons (Fsp3) is 0.833. The van der Waals surface area contributed by atoms with Crippen LogP contribution in [0.2, 0.25) is 0 Å². The van der Waals surface area contributed by atoms with Gasteiger partial charge in [-0.1, -0.05) is 0 Å². The predicted octanol–water partition coefficient (Wildman–Crippen LogP) is -0.175. The average molecular weight is 241 g/mol. The van der Waals surface area contributed by atoms with Gasteiger partial charge in [-0.2, -0.15) is 0 Å². The second kappa shape index (κ2) is 6.00. The van der Waals surface area contributed by atoms with Gasteiger partial charge in [0.05, 0.1) is 11.8 Å². The summed E-state index contributed by atoms with van der Waals surface area (Å²) in [6.45, 7) is 5.31. The molecule has 5 heteroatoms. The van der Waals surface area contributed by atoms with Crippen LogP contribution < -0.4 is 10.6 Å². The molecule has 0 bridgehead atoms. The van der Waals surface area contributed by atoms with Crippen molar-refractivity contribution < 1.29 is 9.59 Å². The number of rotatable bonds is 6. The summed E-state index contributed by atoms with van der Waals surface area (Å²) < 4.78 is 0. The van der Waals surface area contributed by atoms with Crippen LogP contribution in [0.15, 0.2) is 0 Å². The van der Waals surface area contributed by atoms with Gasteiger partial charge in [0, 0.05) is 19.1 Å². The molecule has 0 aromatic heterocycles. The fourth-order valence-corrected chi connectivity index (χ4v) is 1.70. The summed E-state index contributed by atoms with van der Waals surface area (Å²) in [6, 6.07) is 0.139. The molecule has 1 fully saturated rings. The van der Waals surface area contributed by atoms with Gasteiger partial charge in [-0.3, -0.25) is 9.59 Å². The molecule has 0 aliphatic heterocycles. The molecule has 0 spiro atoms. The molecule has 0 aromatic rings. The number of carbonyl (C=O) groups excluding carboxylic acids is 2. The number of amides is 2. The highest BCUT2D eigenvalue weighted by Crippen LogP contribution is 2.38. The summed E-state index contributed by atoms with van der Waals surface area (Å²) in [7, 11) is 3.92. The highest BCUT2D eigenvalue weighted by molar-refractivity contribution is 5.92. The number of hydrogen-bond acceptors (Lipinski definition) is 3. The molecule has 0 aromatic carbocycles. The lowest BCUT2D eigenvalue weighted by Gasteiger charge is -2.10. The Labute approximate surface area is 103 Å². The molecule has 0 saturated heterocycles. The summed E-state index contributed by atoms with van der Waals surface area (Å²) in [5.74, 6) is -0.212. The molecule has 0 radical (unpaired) electrons. The molecule has 2 atom stereocenters. The molecule has 2 amide bonds. The van der Waals surface area contributed by atoms with Crippen LogP contribution in [0.5, 0.6) is 0 Å². The number of likely N-dealkylation sites (N-methyl/N-ethyl adjacent to an activating group) is 1. The van der Waals surface area contributed by atoms with E-state index in [1.165, 1.54) is 0 Å². The topological polar surface area (TPSA) is 61.4 Å². The van der Waals surface area contributed by atoms with Crippen molar-refractivity contribution in [2.24, 2.45) is 11.8 Å². The third kappa shape index (κ3) is 4.73. The Morgan fingerprint density at radius 2 is 1.82 bits per heavy atom. The van der Waals surface area contributed by atoms with E-state index in [2.05, 4.69) is 10.6 Å². The van der Waals surface area contributed by atoms with Crippen LogP contribution in [0.3, 0.4) is 0 Å². The van der Waals surface area contributed by atoms with Crippen molar-refractivity contribution in [3.8, 4) is 0 Å². The van der Waals surface area contributed by atoms with E-state index in [0.717, 1.165) is 6.54 Å². The van der Waals surface area contributed by atoms with Crippen molar-refractivity contribution in [1.82, 2.24) is 15.5 Å². The Balaban J connectivity index is 2.21. The van der Waals surface area contributed by atoms with Gasteiger partial charge < -0.3 is 15.5 Å².